The van der Waals surface area contributed by atoms with Crippen LogP contribution in [-0.4, -0.2) is 31.0 Å². The zero-order valence-corrected chi connectivity index (χ0v) is 11.3. The van der Waals surface area contributed by atoms with Crippen LogP contribution in [0.1, 0.15) is 25.7 Å². The van der Waals surface area contributed by atoms with Crippen LogP contribution in [0.4, 0.5) is 0 Å². The van der Waals surface area contributed by atoms with Gasteiger partial charge in [-0.25, -0.2) is 13.1 Å². The molecule has 0 amide bonds. The molecule has 19 heavy (non-hydrogen) atoms. The molecule has 0 aliphatic heterocycles. The third-order valence-electron chi connectivity index (χ3n) is 3.64. The molecule has 1 aromatic rings. The Morgan fingerprint density at radius 1 is 1.37 bits per heavy atom. The first-order valence-corrected chi connectivity index (χ1v) is 7.82. The van der Waals surface area contributed by atoms with Gasteiger partial charge >= 0.3 is 5.97 Å². The Hall–Kier alpha value is -1.34. The molecule has 7 heteroatoms. The first kappa shape index (κ1) is 14.1. The van der Waals surface area contributed by atoms with Gasteiger partial charge in [-0.2, -0.15) is 0 Å². The smallest absolute Gasteiger partial charge is 0.306 e. The first-order chi connectivity index (χ1) is 8.99. The number of carboxylic acid groups (broad SMARTS) is 1. The van der Waals surface area contributed by atoms with E-state index in [9.17, 15) is 13.2 Å². The number of H-pyrrole nitrogens is 1. The molecule has 0 atom stereocenters. The number of aromatic nitrogens is 1. The fourth-order valence-corrected chi connectivity index (χ4v) is 3.49. The quantitative estimate of drug-likeness (QED) is 0.757. The van der Waals surface area contributed by atoms with E-state index in [2.05, 4.69) is 9.71 Å². The minimum atomic E-state index is -3.44. The van der Waals surface area contributed by atoms with Crippen molar-refractivity contribution in [1.29, 1.82) is 0 Å². The van der Waals surface area contributed by atoms with Gasteiger partial charge in [-0.1, -0.05) is 0 Å². The minimum absolute atomic E-state index is 0.226. The molecule has 1 aliphatic carbocycles. The van der Waals surface area contributed by atoms with Gasteiger partial charge in [-0.15, -0.1) is 0 Å². The highest BCUT2D eigenvalue weighted by Gasteiger charge is 2.26. The van der Waals surface area contributed by atoms with Gasteiger partial charge < -0.3 is 10.1 Å². The van der Waals surface area contributed by atoms with Crippen molar-refractivity contribution >= 4 is 16.0 Å². The summed E-state index contributed by atoms with van der Waals surface area (Å²) in [5.41, 5.74) is 0. The van der Waals surface area contributed by atoms with Gasteiger partial charge in [0.25, 0.3) is 0 Å². The molecule has 6 nitrogen and oxygen atoms in total. The van der Waals surface area contributed by atoms with E-state index in [-0.39, 0.29) is 16.7 Å². The summed E-state index contributed by atoms with van der Waals surface area (Å²) in [7, 11) is -3.44. The second-order valence-corrected chi connectivity index (χ2v) is 6.72. The maximum Gasteiger partial charge on any atom is 0.306 e. The Labute approximate surface area is 112 Å². The van der Waals surface area contributed by atoms with E-state index >= 15 is 0 Å². The number of sulfonamides is 1. The Balaban J connectivity index is 1.83. The van der Waals surface area contributed by atoms with Crippen LogP contribution < -0.4 is 4.72 Å². The van der Waals surface area contributed by atoms with Crippen molar-refractivity contribution in [3.05, 3.63) is 18.5 Å². The van der Waals surface area contributed by atoms with Gasteiger partial charge in [0.2, 0.25) is 10.0 Å². The van der Waals surface area contributed by atoms with Crippen LogP contribution in [0, 0.1) is 11.8 Å². The van der Waals surface area contributed by atoms with E-state index in [0.717, 1.165) is 12.8 Å². The summed E-state index contributed by atoms with van der Waals surface area (Å²) in [4.78, 5) is 13.8. The molecule has 0 unspecified atom stereocenters. The molecule has 0 saturated heterocycles. The lowest BCUT2D eigenvalue weighted by atomic mass is 9.82. The fraction of sp³-hybridized carbons (Fsp3) is 0.583. The van der Waals surface area contributed by atoms with Gasteiger partial charge in [-0.3, -0.25) is 4.79 Å². The summed E-state index contributed by atoms with van der Waals surface area (Å²) < 4.78 is 26.3. The molecule has 0 radical (unpaired) electrons. The Morgan fingerprint density at radius 2 is 2.05 bits per heavy atom. The molecular formula is C12H18N2O4S. The van der Waals surface area contributed by atoms with Gasteiger partial charge in [0, 0.05) is 18.9 Å². The van der Waals surface area contributed by atoms with Crippen molar-refractivity contribution in [1.82, 2.24) is 9.71 Å². The number of carbonyl (C=O) groups is 1. The zero-order chi connectivity index (χ0) is 13.9. The Bertz CT molecular complexity index is 516. The number of hydrogen-bond acceptors (Lipinski definition) is 3. The van der Waals surface area contributed by atoms with E-state index in [4.69, 9.17) is 5.11 Å². The lowest BCUT2D eigenvalue weighted by Gasteiger charge is -2.26. The Morgan fingerprint density at radius 3 is 2.58 bits per heavy atom. The number of carboxylic acids is 1. The molecule has 1 aliphatic rings. The topological polar surface area (TPSA) is 99.3 Å². The average Bonchev–Trinajstić information content (AvgIpc) is 2.91. The molecule has 1 fully saturated rings. The first-order valence-electron chi connectivity index (χ1n) is 6.34. The predicted octanol–water partition coefficient (Wildman–Crippen LogP) is 1.18. The molecule has 1 heterocycles. The number of hydrogen-bond donors (Lipinski definition) is 3. The molecule has 3 N–H and O–H groups in total. The maximum absolute atomic E-state index is 11.9. The molecule has 106 valence electrons. The highest BCUT2D eigenvalue weighted by atomic mass is 32.2. The molecule has 1 aromatic heterocycles. The molecular weight excluding hydrogens is 268 g/mol. The second kappa shape index (κ2) is 5.75. The maximum atomic E-state index is 11.9. The number of nitrogens with one attached hydrogen (secondary N) is 2. The third-order valence-corrected chi connectivity index (χ3v) is 5.06. The summed E-state index contributed by atoms with van der Waals surface area (Å²) in [6.45, 7) is 0.375. The van der Waals surface area contributed by atoms with Crippen molar-refractivity contribution in [3.8, 4) is 0 Å². The normalized spacial score (nSPS) is 24.2. The van der Waals surface area contributed by atoms with Gasteiger partial charge in [0.1, 0.15) is 0 Å². The molecule has 0 bridgehead atoms. The SMILES string of the molecule is O=C(O)C1CCC(CNS(=O)(=O)c2cc[nH]c2)CC1. The monoisotopic (exact) mass is 286 g/mol. The summed E-state index contributed by atoms with van der Waals surface area (Å²) in [6, 6.07) is 1.50. The molecule has 0 spiro atoms. The summed E-state index contributed by atoms with van der Waals surface area (Å²) in [5.74, 6) is -0.784. The molecule has 2 rings (SSSR count). The van der Waals surface area contributed by atoms with Crippen molar-refractivity contribution in [2.75, 3.05) is 6.54 Å². The summed E-state index contributed by atoms with van der Waals surface area (Å²) in [6.07, 6.45) is 5.77. The lowest BCUT2D eigenvalue weighted by Crippen LogP contribution is -2.32. The van der Waals surface area contributed by atoms with Crippen LogP contribution in [0.2, 0.25) is 0 Å². The highest BCUT2D eigenvalue weighted by molar-refractivity contribution is 7.89. The van der Waals surface area contributed by atoms with Crippen LogP contribution in [0.5, 0.6) is 0 Å². The van der Waals surface area contributed by atoms with E-state index in [1.165, 1.54) is 12.3 Å². The largest absolute Gasteiger partial charge is 0.481 e. The van der Waals surface area contributed by atoms with Crippen molar-refractivity contribution in [2.24, 2.45) is 11.8 Å². The summed E-state index contributed by atoms with van der Waals surface area (Å²) in [5, 5.41) is 8.89. The zero-order valence-electron chi connectivity index (χ0n) is 10.5. The average molecular weight is 286 g/mol. The number of aliphatic carboxylic acids is 1. The van der Waals surface area contributed by atoms with Crippen LogP contribution in [0.15, 0.2) is 23.4 Å². The van der Waals surface area contributed by atoms with Gasteiger partial charge in [0.15, 0.2) is 0 Å². The van der Waals surface area contributed by atoms with E-state index < -0.39 is 16.0 Å². The van der Waals surface area contributed by atoms with Crippen molar-refractivity contribution in [2.45, 2.75) is 30.6 Å². The van der Waals surface area contributed by atoms with Crippen LogP contribution in [0.3, 0.4) is 0 Å². The van der Waals surface area contributed by atoms with Crippen LogP contribution in [-0.2, 0) is 14.8 Å². The highest BCUT2D eigenvalue weighted by Crippen LogP contribution is 2.28. The standard InChI is InChI=1S/C12H18N2O4S/c15-12(16)10-3-1-9(2-4-10)7-14-19(17,18)11-5-6-13-8-11/h5-6,8-10,13-14H,1-4,7H2,(H,15,16). The van der Waals surface area contributed by atoms with Crippen molar-refractivity contribution < 1.29 is 18.3 Å². The Kier molecular flexibility index (Phi) is 4.26. The second-order valence-electron chi connectivity index (χ2n) is 4.95. The van der Waals surface area contributed by atoms with Crippen LogP contribution >= 0.6 is 0 Å². The fourth-order valence-electron chi connectivity index (χ4n) is 2.40. The minimum Gasteiger partial charge on any atom is -0.481 e. The third kappa shape index (κ3) is 3.57. The molecule has 1 saturated carbocycles. The van der Waals surface area contributed by atoms with E-state index in [1.807, 2.05) is 0 Å². The predicted molar refractivity (Wildman–Crippen MR) is 69.1 cm³/mol. The van der Waals surface area contributed by atoms with E-state index in [1.54, 1.807) is 6.20 Å². The van der Waals surface area contributed by atoms with E-state index in [0.29, 0.717) is 19.4 Å². The number of rotatable bonds is 5. The van der Waals surface area contributed by atoms with Gasteiger partial charge in [-0.05, 0) is 37.7 Å². The molecule has 0 aromatic carbocycles. The van der Waals surface area contributed by atoms with Crippen LogP contribution in [0.25, 0.3) is 0 Å². The van der Waals surface area contributed by atoms with Crippen molar-refractivity contribution in [3.63, 3.8) is 0 Å². The number of aromatic amines is 1. The lowest BCUT2D eigenvalue weighted by molar-refractivity contribution is -0.143. The summed E-state index contributed by atoms with van der Waals surface area (Å²) >= 11 is 0. The van der Waals surface area contributed by atoms with Gasteiger partial charge in [0.05, 0.1) is 10.8 Å².